The molecule has 0 bridgehead atoms. The summed E-state index contributed by atoms with van der Waals surface area (Å²) in [6.45, 7) is 7.41. The van der Waals surface area contributed by atoms with Crippen LogP contribution in [-0.4, -0.2) is 64.9 Å². The number of methoxy groups -OCH3 is 1. The second kappa shape index (κ2) is 9.00. The van der Waals surface area contributed by atoms with Gasteiger partial charge in [-0.1, -0.05) is 19.1 Å². The largest absolute Gasteiger partial charge is 0.380 e. The van der Waals surface area contributed by atoms with Crippen LogP contribution in [0.15, 0.2) is 53.6 Å². The summed E-state index contributed by atoms with van der Waals surface area (Å²) >= 11 is 0. The number of rotatable bonds is 6. The molecule has 3 aromatic rings. The minimum atomic E-state index is -3.75. The Balaban J connectivity index is 1.55. The van der Waals surface area contributed by atoms with Crippen molar-refractivity contribution in [2.75, 3.05) is 56.2 Å². The highest BCUT2D eigenvalue weighted by Crippen LogP contribution is 2.32. The van der Waals surface area contributed by atoms with Crippen LogP contribution >= 0.6 is 0 Å². The van der Waals surface area contributed by atoms with Gasteiger partial charge in [0.05, 0.1) is 16.5 Å². The van der Waals surface area contributed by atoms with Crippen LogP contribution in [0.5, 0.6) is 0 Å². The first-order valence-electron chi connectivity index (χ1n) is 11.7. The van der Waals surface area contributed by atoms with Crippen LogP contribution in [-0.2, 0) is 21.2 Å². The summed E-state index contributed by atoms with van der Waals surface area (Å²) in [6.07, 6.45) is 3.71. The van der Waals surface area contributed by atoms with Crippen LogP contribution in [0.3, 0.4) is 0 Å². The lowest BCUT2D eigenvalue weighted by Crippen LogP contribution is -2.43. The summed E-state index contributed by atoms with van der Waals surface area (Å²) in [5.41, 5.74) is 3.77. The van der Waals surface area contributed by atoms with Gasteiger partial charge in [-0.25, -0.2) is 12.4 Å². The third-order valence-corrected chi connectivity index (χ3v) is 8.59. The Morgan fingerprint density at radius 2 is 1.82 bits per heavy atom. The Morgan fingerprint density at radius 1 is 1.03 bits per heavy atom. The van der Waals surface area contributed by atoms with E-state index in [4.69, 9.17) is 4.74 Å². The number of fused-ring (bicyclic) bond motifs is 1. The van der Waals surface area contributed by atoms with Crippen LogP contribution in [0.2, 0.25) is 0 Å². The maximum atomic E-state index is 13.8. The SMILES string of the molecule is CCc1cn(S(=O)(=O)c2cccc(N3CCC(OC)C3)c2)c2cc(N3CCNCC3)ccc12. The fourth-order valence-corrected chi connectivity index (χ4v) is 6.39. The zero-order valence-corrected chi connectivity index (χ0v) is 20.1. The molecule has 0 aliphatic carbocycles. The van der Waals surface area contributed by atoms with Gasteiger partial charge in [0.1, 0.15) is 0 Å². The van der Waals surface area contributed by atoms with Crippen LogP contribution in [0.4, 0.5) is 11.4 Å². The zero-order valence-electron chi connectivity index (χ0n) is 19.3. The van der Waals surface area contributed by atoms with Gasteiger partial charge in [-0.05, 0) is 48.7 Å². The number of nitrogens with one attached hydrogen (secondary N) is 1. The lowest BCUT2D eigenvalue weighted by Gasteiger charge is -2.29. The fraction of sp³-hybridized carbons (Fsp3) is 0.440. The molecule has 1 unspecified atom stereocenters. The summed E-state index contributed by atoms with van der Waals surface area (Å²) < 4.78 is 34.7. The van der Waals surface area contributed by atoms with Gasteiger partial charge >= 0.3 is 0 Å². The third-order valence-electron chi connectivity index (χ3n) is 6.92. The summed E-state index contributed by atoms with van der Waals surface area (Å²) in [5.74, 6) is 0. The van der Waals surface area contributed by atoms with Gasteiger partial charge in [0.2, 0.25) is 0 Å². The highest BCUT2D eigenvalue weighted by Gasteiger charge is 2.26. The molecule has 2 aliphatic heterocycles. The lowest BCUT2D eigenvalue weighted by atomic mass is 10.1. The Bertz CT molecular complexity index is 1250. The van der Waals surface area contributed by atoms with Crippen molar-refractivity contribution in [2.45, 2.75) is 30.8 Å². The van der Waals surface area contributed by atoms with Gasteiger partial charge < -0.3 is 19.9 Å². The molecule has 2 fully saturated rings. The van der Waals surface area contributed by atoms with Crippen molar-refractivity contribution in [3.63, 3.8) is 0 Å². The number of anilines is 2. The Morgan fingerprint density at radius 3 is 2.55 bits per heavy atom. The molecule has 5 rings (SSSR count). The minimum Gasteiger partial charge on any atom is -0.380 e. The smallest absolute Gasteiger partial charge is 0.268 e. The van der Waals surface area contributed by atoms with Crippen LogP contribution < -0.4 is 15.1 Å². The van der Waals surface area contributed by atoms with Crippen molar-refractivity contribution in [3.05, 3.63) is 54.2 Å². The predicted molar refractivity (Wildman–Crippen MR) is 133 cm³/mol. The molecule has 0 saturated carbocycles. The number of piperazine rings is 1. The summed E-state index contributed by atoms with van der Waals surface area (Å²) in [6, 6.07) is 13.5. The lowest BCUT2D eigenvalue weighted by molar-refractivity contribution is 0.121. The number of hydrogen-bond donors (Lipinski definition) is 1. The number of hydrogen-bond acceptors (Lipinski definition) is 6. The summed E-state index contributed by atoms with van der Waals surface area (Å²) in [4.78, 5) is 4.82. The van der Waals surface area contributed by atoms with Crippen LogP contribution in [0, 0.1) is 0 Å². The number of aromatic nitrogens is 1. The highest BCUT2D eigenvalue weighted by molar-refractivity contribution is 7.90. The zero-order chi connectivity index (χ0) is 23.0. The maximum absolute atomic E-state index is 13.8. The van der Waals surface area contributed by atoms with Gasteiger partial charge in [0.25, 0.3) is 10.0 Å². The fourth-order valence-electron chi connectivity index (χ4n) is 4.96. The monoisotopic (exact) mass is 468 g/mol. The number of ether oxygens (including phenoxy) is 1. The van der Waals surface area contributed by atoms with E-state index in [1.807, 2.05) is 18.2 Å². The average Bonchev–Trinajstić information content (AvgIpc) is 3.49. The second-order valence-corrected chi connectivity index (χ2v) is 10.7. The molecule has 0 radical (unpaired) electrons. The molecular formula is C25H32N4O3S. The van der Waals surface area contributed by atoms with Gasteiger partial charge in [0, 0.05) is 69.3 Å². The molecular weight excluding hydrogens is 436 g/mol. The summed E-state index contributed by atoms with van der Waals surface area (Å²) in [7, 11) is -2.02. The van der Waals surface area contributed by atoms with Crippen molar-refractivity contribution < 1.29 is 13.2 Å². The van der Waals surface area contributed by atoms with E-state index in [9.17, 15) is 8.42 Å². The third kappa shape index (κ3) is 4.11. The highest BCUT2D eigenvalue weighted by atomic mass is 32.2. The van der Waals surface area contributed by atoms with Gasteiger partial charge in [-0.3, -0.25) is 0 Å². The van der Waals surface area contributed by atoms with E-state index in [2.05, 4.69) is 34.2 Å². The van der Waals surface area contributed by atoms with Crippen LogP contribution in [0.25, 0.3) is 10.9 Å². The first kappa shape index (κ1) is 22.3. The standard InChI is InChI=1S/C25H32N4O3S/c1-3-19-17-29(25-16-21(7-8-24(19)25)27-13-10-26-11-14-27)33(30,31)23-6-4-5-20(15-23)28-12-9-22(18-28)32-2/h4-8,15-17,22,26H,3,9-14,18H2,1-2H3. The van der Waals surface area contributed by atoms with Crippen molar-refractivity contribution in [2.24, 2.45) is 0 Å². The number of benzene rings is 2. The van der Waals surface area contributed by atoms with E-state index >= 15 is 0 Å². The van der Waals surface area contributed by atoms with Gasteiger partial charge in [-0.2, -0.15) is 0 Å². The molecule has 2 saturated heterocycles. The van der Waals surface area contributed by atoms with E-state index in [0.29, 0.717) is 4.90 Å². The van der Waals surface area contributed by atoms with Crippen molar-refractivity contribution >= 4 is 32.3 Å². The molecule has 1 N–H and O–H groups in total. The van der Waals surface area contributed by atoms with E-state index in [1.54, 1.807) is 25.4 Å². The van der Waals surface area contributed by atoms with Crippen molar-refractivity contribution in [3.8, 4) is 0 Å². The first-order chi connectivity index (χ1) is 16.0. The topological polar surface area (TPSA) is 66.8 Å². The maximum Gasteiger partial charge on any atom is 0.268 e. The van der Waals surface area contributed by atoms with E-state index in [-0.39, 0.29) is 6.10 Å². The quantitative estimate of drug-likeness (QED) is 0.600. The van der Waals surface area contributed by atoms with Gasteiger partial charge in [-0.15, -0.1) is 0 Å². The van der Waals surface area contributed by atoms with Crippen molar-refractivity contribution in [1.29, 1.82) is 0 Å². The molecule has 176 valence electrons. The predicted octanol–water partition coefficient (Wildman–Crippen LogP) is 3.08. The van der Waals surface area contributed by atoms with E-state index in [0.717, 1.165) is 80.0 Å². The first-order valence-corrected chi connectivity index (χ1v) is 13.2. The van der Waals surface area contributed by atoms with E-state index < -0.39 is 10.0 Å². The Hall–Kier alpha value is -2.55. The minimum absolute atomic E-state index is 0.189. The molecule has 3 heterocycles. The van der Waals surface area contributed by atoms with Crippen LogP contribution in [0.1, 0.15) is 18.9 Å². The molecule has 33 heavy (non-hydrogen) atoms. The molecule has 0 spiro atoms. The molecule has 2 aromatic carbocycles. The van der Waals surface area contributed by atoms with E-state index in [1.165, 1.54) is 3.97 Å². The molecule has 1 aromatic heterocycles. The second-order valence-electron chi connectivity index (χ2n) is 8.84. The molecule has 8 heteroatoms. The Labute approximate surface area is 196 Å². The average molecular weight is 469 g/mol. The van der Waals surface area contributed by atoms with Crippen molar-refractivity contribution in [1.82, 2.24) is 9.29 Å². The number of aryl methyl sites for hydroxylation is 1. The Kier molecular flexibility index (Phi) is 6.07. The molecule has 2 aliphatic rings. The normalized spacial score (nSPS) is 19.5. The van der Waals surface area contributed by atoms with Gasteiger partial charge in [0.15, 0.2) is 0 Å². The molecule has 0 amide bonds. The summed E-state index contributed by atoms with van der Waals surface area (Å²) in [5, 5.41) is 4.37. The number of nitrogens with zero attached hydrogens (tertiary/aromatic N) is 3. The molecule has 7 nitrogen and oxygen atoms in total. The molecule has 1 atom stereocenters.